The SMILES string of the molecule is CSCC[C@H](N)C(=O)NCCCNC(=O)c1occc1C. The highest BCUT2D eigenvalue weighted by Gasteiger charge is 2.13. The first-order valence-corrected chi connectivity index (χ1v) is 8.30. The predicted octanol–water partition coefficient (Wildman–Crippen LogP) is 0.905. The second kappa shape index (κ2) is 9.46. The van der Waals surface area contributed by atoms with Crippen molar-refractivity contribution >= 4 is 23.6 Å². The molecule has 0 bridgehead atoms. The van der Waals surface area contributed by atoms with Crippen LogP contribution in [-0.2, 0) is 4.79 Å². The van der Waals surface area contributed by atoms with Crippen LogP contribution in [0.2, 0.25) is 0 Å². The van der Waals surface area contributed by atoms with Gasteiger partial charge in [-0.25, -0.2) is 0 Å². The first kappa shape index (κ1) is 17.6. The smallest absolute Gasteiger partial charge is 0.287 e. The number of amides is 2. The van der Waals surface area contributed by atoms with Crippen molar-refractivity contribution in [2.24, 2.45) is 5.73 Å². The molecule has 0 aliphatic heterocycles. The first-order valence-electron chi connectivity index (χ1n) is 6.90. The lowest BCUT2D eigenvalue weighted by molar-refractivity contribution is -0.122. The van der Waals surface area contributed by atoms with Crippen LogP contribution in [0.25, 0.3) is 0 Å². The molecule has 1 atom stereocenters. The number of rotatable bonds is 9. The van der Waals surface area contributed by atoms with E-state index in [1.807, 2.05) is 13.2 Å². The molecule has 21 heavy (non-hydrogen) atoms. The van der Waals surface area contributed by atoms with Crippen LogP contribution in [0.4, 0.5) is 0 Å². The molecule has 2 amide bonds. The van der Waals surface area contributed by atoms with E-state index in [2.05, 4.69) is 10.6 Å². The summed E-state index contributed by atoms with van der Waals surface area (Å²) in [6.07, 6.45) is 4.78. The van der Waals surface area contributed by atoms with Gasteiger partial charge in [-0.3, -0.25) is 9.59 Å². The predicted molar refractivity (Wildman–Crippen MR) is 84.4 cm³/mol. The van der Waals surface area contributed by atoms with E-state index in [0.717, 1.165) is 11.3 Å². The summed E-state index contributed by atoms with van der Waals surface area (Å²) in [4.78, 5) is 23.4. The molecule has 0 aromatic carbocycles. The van der Waals surface area contributed by atoms with Crippen molar-refractivity contribution < 1.29 is 14.0 Å². The number of nitrogens with two attached hydrogens (primary N) is 1. The molecule has 0 aliphatic carbocycles. The van der Waals surface area contributed by atoms with Gasteiger partial charge in [0.2, 0.25) is 5.91 Å². The van der Waals surface area contributed by atoms with Crippen molar-refractivity contribution in [3.8, 4) is 0 Å². The fourth-order valence-electron chi connectivity index (χ4n) is 1.69. The Morgan fingerprint density at radius 2 is 2.10 bits per heavy atom. The van der Waals surface area contributed by atoms with Gasteiger partial charge in [0.05, 0.1) is 12.3 Å². The van der Waals surface area contributed by atoms with Gasteiger partial charge in [0, 0.05) is 18.7 Å². The Kier molecular flexibility index (Phi) is 7.92. The van der Waals surface area contributed by atoms with Crippen molar-refractivity contribution in [3.63, 3.8) is 0 Å². The molecule has 0 saturated heterocycles. The number of carbonyl (C=O) groups excluding carboxylic acids is 2. The van der Waals surface area contributed by atoms with Gasteiger partial charge < -0.3 is 20.8 Å². The van der Waals surface area contributed by atoms with Gasteiger partial charge in [0.1, 0.15) is 0 Å². The molecule has 0 unspecified atom stereocenters. The second-order valence-corrected chi connectivity index (χ2v) is 5.71. The van der Waals surface area contributed by atoms with Gasteiger partial charge in [-0.15, -0.1) is 0 Å². The monoisotopic (exact) mass is 313 g/mol. The first-order chi connectivity index (χ1) is 10.1. The minimum absolute atomic E-state index is 0.141. The summed E-state index contributed by atoms with van der Waals surface area (Å²) in [6, 6.07) is 1.28. The summed E-state index contributed by atoms with van der Waals surface area (Å²) in [5, 5.41) is 5.51. The van der Waals surface area contributed by atoms with Crippen LogP contribution in [0, 0.1) is 6.92 Å². The number of furan rings is 1. The Morgan fingerprint density at radius 3 is 2.71 bits per heavy atom. The van der Waals surface area contributed by atoms with Gasteiger partial charge in [-0.1, -0.05) is 0 Å². The lowest BCUT2D eigenvalue weighted by Gasteiger charge is -2.11. The van der Waals surface area contributed by atoms with E-state index in [1.54, 1.807) is 17.8 Å². The quantitative estimate of drug-likeness (QED) is 0.589. The Hall–Kier alpha value is -1.47. The standard InChI is InChI=1S/C14H23N3O3S/c1-10-4-8-20-12(10)14(19)17-7-3-6-16-13(18)11(15)5-9-21-2/h4,8,11H,3,5-7,9,15H2,1-2H3,(H,16,18)(H,17,19)/t11-/m0/s1. The van der Waals surface area contributed by atoms with Gasteiger partial charge in [-0.2, -0.15) is 11.8 Å². The van der Waals surface area contributed by atoms with Gasteiger partial charge in [0.25, 0.3) is 5.91 Å². The van der Waals surface area contributed by atoms with E-state index in [4.69, 9.17) is 10.2 Å². The van der Waals surface area contributed by atoms with Crippen molar-refractivity contribution in [1.82, 2.24) is 10.6 Å². The Morgan fingerprint density at radius 1 is 1.38 bits per heavy atom. The third-order valence-electron chi connectivity index (χ3n) is 2.98. The minimum atomic E-state index is -0.460. The molecule has 1 aromatic heterocycles. The molecule has 118 valence electrons. The maximum atomic E-state index is 11.7. The van der Waals surface area contributed by atoms with Crippen molar-refractivity contribution in [1.29, 1.82) is 0 Å². The summed E-state index contributed by atoms with van der Waals surface area (Å²) < 4.78 is 5.09. The molecule has 7 heteroatoms. The van der Waals surface area contributed by atoms with Crippen molar-refractivity contribution in [3.05, 3.63) is 23.7 Å². The number of hydrogen-bond donors (Lipinski definition) is 3. The molecule has 0 fully saturated rings. The van der Waals surface area contributed by atoms with E-state index in [0.29, 0.717) is 31.7 Å². The van der Waals surface area contributed by atoms with Crippen LogP contribution < -0.4 is 16.4 Å². The number of carbonyl (C=O) groups is 2. The van der Waals surface area contributed by atoms with E-state index in [-0.39, 0.29) is 11.8 Å². The van der Waals surface area contributed by atoms with E-state index in [1.165, 1.54) is 6.26 Å². The molecule has 6 nitrogen and oxygen atoms in total. The minimum Gasteiger partial charge on any atom is -0.459 e. The molecule has 1 rings (SSSR count). The van der Waals surface area contributed by atoms with Crippen molar-refractivity contribution in [2.45, 2.75) is 25.8 Å². The molecule has 0 radical (unpaired) electrons. The highest BCUT2D eigenvalue weighted by molar-refractivity contribution is 7.98. The molecule has 0 aliphatic rings. The average molecular weight is 313 g/mol. The largest absolute Gasteiger partial charge is 0.459 e. The van der Waals surface area contributed by atoms with E-state index in [9.17, 15) is 9.59 Å². The summed E-state index contributed by atoms with van der Waals surface area (Å²) in [6.45, 7) is 2.77. The van der Waals surface area contributed by atoms with E-state index < -0.39 is 6.04 Å². The second-order valence-electron chi connectivity index (χ2n) is 4.72. The van der Waals surface area contributed by atoms with Crippen LogP contribution in [0.3, 0.4) is 0 Å². The van der Waals surface area contributed by atoms with Gasteiger partial charge in [-0.05, 0) is 37.8 Å². The fourth-order valence-corrected chi connectivity index (χ4v) is 2.18. The number of nitrogens with one attached hydrogen (secondary N) is 2. The van der Waals surface area contributed by atoms with Crippen LogP contribution in [0.5, 0.6) is 0 Å². The van der Waals surface area contributed by atoms with Crippen molar-refractivity contribution in [2.75, 3.05) is 25.1 Å². The lowest BCUT2D eigenvalue weighted by atomic mass is 10.2. The molecule has 0 saturated carbocycles. The third kappa shape index (κ3) is 6.22. The number of aryl methyl sites for hydroxylation is 1. The third-order valence-corrected chi connectivity index (χ3v) is 3.62. The van der Waals surface area contributed by atoms with Gasteiger partial charge in [0.15, 0.2) is 5.76 Å². The summed E-state index contributed by atoms with van der Waals surface area (Å²) in [7, 11) is 0. The molecule has 4 N–H and O–H groups in total. The number of thioether (sulfide) groups is 1. The zero-order valence-corrected chi connectivity index (χ0v) is 13.3. The zero-order valence-electron chi connectivity index (χ0n) is 12.5. The van der Waals surface area contributed by atoms with Crippen LogP contribution >= 0.6 is 11.8 Å². The molecule has 1 aromatic rings. The Bertz CT molecular complexity index is 462. The normalized spacial score (nSPS) is 12.0. The molecular formula is C14H23N3O3S. The van der Waals surface area contributed by atoms with Crippen LogP contribution in [0.1, 0.15) is 29.0 Å². The summed E-state index contributed by atoms with van der Waals surface area (Å²) in [5.41, 5.74) is 6.55. The molecule has 0 spiro atoms. The summed E-state index contributed by atoms with van der Waals surface area (Å²) in [5.74, 6) is 0.823. The number of hydrogen-bond acceptors (Lipinski definition) is 5. The zero-order chi connectivity index (χ0) is 15.7. The fraction of sp³-hybridized carbons (Fsp3) is 0.571. The van der Waals surface area contributed by atoms with Crippen LogP contribution in [0.15, 0.2) is 16.7 Å². The average Bonchev–Trinajstić information content (AvgIpc) is 2.90. The van der Waals surface area contributed by atoms with Crippen LogP contribution in [-0.4, -0.2) is 43.0 Å². The maximum absolute atomic E-state index is 11.7. The molecular weight excluding hydrogens is 290 g/mol. The van der Waals surface area contributed by atoms with Gasteiger partial charge >= 0.3 is 0 Å². The highest BCUT2D eigenvalue weighted by Crippen LogP contribution is 2.07. The summed E-state index contributed by atoms with van der Waals surface area (Å²) >= 11 is 1.67. The van der Waals surface area contributed by atoms with E-state index >= 15 is 0 Å². The molecule has 1 heterocycles. The Labute approximate surface area is 129 Å². The maximum Gasteiger partial charge on any atom is 0.287 e. The lowest BCUT2D eigenvalue weighted by Crippen LogP contribution is -2.41. The topological polar surface area (TPSA) is 97.4 Å². The Balaban J connectivity index is 2.13. The highest BCUT2D eigenvalue weighted by atomic mass is 32.2.